The van der Waals surface area contributed by atoms with Gasteiger partial charge in [0, 0.05) is 6.54 Å². The molecule has 0 saturated carbocycles. The average Bonchev–Trinajstić information content (AvgIpc) is 2.88. The number of carbonyl (C=O) groups excluding carboxylic acids is 1. The highest BCUT2D eigenvalue weighted by molar-refractivity contribution is 5.83. The first-order chi connectivity index (χ1) is 9.07. The molecular weight excluding hydrogens is 236 g/mol. The number of aryl methyl sites for hydroxylation is 1. The van der Waals surface area contributed by atoms with E-state index in [1.165, 1.54) is 11.1 Å². The van der Waals surface area contributed by atoms with Crippen molar-refractivity contribution < 1.29 is 4.79 Å². The van der Waals surface area contributed by atoms with Crippen molar-refractivity contribution in [3.05, 3.63) is 35.4 Å². The molecule has 1 heterocycles. The maximum Gasteiger partial charge on any atom is 0.228 e. The summed E-state index contributed by atoms with van der Waals surface area (Å²) in [6.07, 6.45) is 1.84. The first kappa shape index (κ1) is 14.1. The number of hydrogen-bond donors (Lipinski definition) is 2. The Morgan fingerprint density at radius 1 is 1.53 bits per heavy atom. The molecule has 0 aromatic heterocycles. The third kappa shape index (κ3) is 2.98. The number of carbonyl (C=O) groups is 1. The van der Waals surface area contributed by atoms with Crippen LogP contribution in [-0.2, 0) is 4.79 Å². The molecule has 0 aliphatic carbocycles. The van der Waals surface area contributed by atoms with Crippen LogP contribution in [0.5, 0.6) is 0 Å². The molecule has 1 aliphatic rings. The summed E-state index contributed by atoms with van der Waals surface area (Å²) in [6.45, 7) is 7.98. The number of amides is 1. The van der Waals surface area contributed by atoms with Gasteiger partial charge in [-0.25, -0.2) is 0 Å². The van der Waals surface area contributed by atoms with Gasteiger partial charge in [-0.15, -0.1) is 0 Å². The highest BCUT2D eigenvalue weighted by Crippen LogP contribution is 2.30. The Balaban J connectivity index is 2.06. The molecule has 0 spiro atoms. The molecule has 2 rings (SSSR count). The molecule has 1 saturated heterocycles. The lowest BCUT2D eigenvalue weighted by molar-refractivity contribution is -0.131. The summed E-state index contributed by atoms with van der Waals surface area (Å²) in [5.74, 6) is 0.189. The lowest BCUT2D eigenvalue weighted by Crippen LogP contribution is -2.43. The molecule has 19 heavy (non-hydrogen) atoms. The fourth-order valence-electron chi connectivity index (χ4n) is 2.77. The summed E-state index contributed by atoms with van der Waals surface area (Å²) < 4.78 is 0. The lowest BCUT2D eigenvalue weighted by atomic mass is 9.83. The van der Waals surface area contributed by atoms with Crippen molar-refractivity contribution in [2.45, 2.75) is 39.7 Å². The van der Waals surface area contributed by atoms with Gasteiger partial charge in [0.25, 0.3) is 0 Å². The second-order valence-corrected chi connectivity index (χ2v) is 5.67. The van der Waals surface area contributed by atoms with E-state index in [0.29, 0.717) is 0 Å². The van der Waals surface area contributed by atoms with Crippen LogP contribution in [0.1, 0.15) is 43.9 Å². The number of rotatable bonds is 4. The molecule has 0 bridgehead atoms. The van der Waals surface area contributed by atoms with Crippen molar-refractivity contribution in [2.75, 3.05) is 13.1 Å². The van der Waals surface area contributed by atoms with Gasteiger partial charge < -0.3 is 10.6 Å². The predicted molar refractivity (Wildman–Crippen MR) is 77.9 cm³/mol. The smallest absolute Gasteiger partial charge is 0.228 e. The highest BCUT2D eigenvalue weighted by Gasteiger charge is 2.39. The van der Waals surface area contributed by atoms with Gasteiger partial charge in [0.15, 0.2) is 0 Å². The zero-order valence-electron chi connectivity index (χ0n) is 12.1. The molecule has 1 unspecified atom stereocenters. The van der Waals surface area contributed by atoms with Crippen LogP contribution in [0.4, 0.5) is 0 Å². The fourth-order valence-corrected chi connectivity index (χ4v) is 2.77. The van der Waals surface area contributed by atoms with Gasteiger partial charge >= 0.3 is 0 Å². The number of hydrogen-bond acceptors (Lipinski definition) is 2. The van der Waals surface area contributed by atoms with Crippen LogP contribution < -0.4 is 10.6 Å². The number of nitrogens with one attached hydrogen (secondary N) is 2. The minimum Gasteiger partial charge on any atom is -0.349 e. The molecule has 3 nitrogen and oxygen atoms in total. The largest absolute Gasteiger partial charge is 0.349 e. The Hall–Kier alpha value is -1.35. The van der Waals surface area contributed by atoms with Crippen molar-refractivity contribution in [3.8, 4) is 0 Å². The summed E-state index contributed by atoms with van der Waals surface area (Å²) in [7, 11) is 0. The van der Waals surface area contributed by atoms with Gasteiger partial charge in [0.05, 0.1) is 11.5 Å². The molecule has 1 aromatic carbocycles. The van der Waals surface area contributed by atoms with Crippen LogP contribution in [0.2, 0.25) is 0 Å². The van der Waals surface area contributed by atoms with E-state index in [1.807, 2.05) is 6.07 Å². The average molecular weight is 260 g/mol. The van der Waals surface area contributed by atoms with E-state index in [1.54, 1.807) is 0 Å². The van der Waals surface area contributed by atoms with E-state index < -0.39 is 0 Å². The molecule has 1 aliphatic heterocycles. The molecule has 1 amide bonds. The van der Waals surface area contributed by atoms with E-state index in [-0.39, 0.29) is 17.4 Å². The molecule has 2 atom stereocenters. The summed E-state index contributed by atoms with van der Waals surface area (Å²) in [5.41, 5.74) is 2.19. The quantitative estimate of drug-likeness (QED) is 0.873. The van der Waals surface area contributed by atoms with E-state index in [0.717, 1.165) is 25.9 Å². The van der Waals surface area contributed by atoms with Crippen molar-refractivity contribution in [1.29, 1.82) is 0 Å². The number of benzene rings is 1. The Bertz CT molecular complexity index is 450. The van der Waals surface area contributed by atoms with Crippen LogP contribution in [0.3, 0.4) is 0 Å². The first-order valence-corrected chi connectivity index (χ1v) is 7.16. The van der Waals surface area contributed by atoms with Crippen molar-refractivity contribution in [3.63, 3.8) is 0 Å². The predicted octanol–water partition coefficient (Wildman–Crippen LogP) is 2.56. The maximum absolute atomic E-state index is 12.5. The van der Waals surface area contributed by atoms with E-state index in [2.05, 4.69) is 49.6 Å². The SMILES string of the molecule is CCC1(C(=O)N[C@H](C)c2cccc(C)c2)CCNC1. The third-order valence-electron chi connectivity index (χ3n) is 4.29. The molecule has 3 heteroatoms. The first-order valence-electron chi connectivity index (χ1n) is 7.16. The Morgan fingerprint density at radius 2 is 2.32 bits per heavy atom. The topological polar surface area (TPSA) is 41.1 Å². The van der Waals surface area contributed by atoms with Gasteiger partial charge in [0.2, 0.25) is 5.91 Å². The fraction of sp³-hybridized carbons (Fsp3) is 0.562. The van der Waals surface area contributed by atoms with Crippen LogP contribution in [0.15, 0.2) is 24.3 Å². The lowest BCUT2D eigenvalue weighted by Gasteiger charge is -2.27. The summed E-state index contributed by atoms with van der Waals surface area (Å²) >= 11 is 0. The monoisotopic (exact) mass is 260 g/mol. The molecule has 104 valence electrons. The van der Waals surface area contributed by atoms with Crippen LogP contribution in [0.25, 0.3) is 0 Å². The molecule has 1 fully saturated rings. The van der Waals surface area contributed by atoms with Crippen molar-refractivity contribution in [2.24, 2.45) is 5.41 Å². The summed E-state index contributed by atoms with van der Waals surface area (Å²) in [4.78, 5) is 12.5. The molecule has 0 radical (unpaired) electrons. The van der Waals surface area contributed by atoms with Gasteiger partial charge in [-0.1, -0.05) is 36.8 Å². The molecular formula is C16H24N2O. The van der Waals surface area contributed by atoms with E-state index >= 15 is 0 Å². The third-order valence-corrected chi connectivity index (χ3v) is 4.29. The maximum atomic E-state index is 12.5. The highest BCUT2D eigenvalue weighted by atomic mass is 16.2. The van der Waals surface area contributed by atoms with Crippen LogP contribution in [0, 0.1) is 12.3 Å². The molecule has 1 aromatic rings. The zero-order valence-corrected chi connectivity index (χ0v) is 12.1. The van der Waals surface area contributed by atoms with Crippen molar-refractivity contribution >= 4 is 5.91 Å². The standard InChI is InChI=1S/C16H24N2O/c1-4-16(8-9-17-11-16)15(19)18-13(3)14-7-5-6-12(2)10-14/h5-7,10,13,17H,4,8-9,11H2,1-3H3,(H,18,19)/t13-,16?/m1/s1. The van der Waals surface area contributed by atoms with Crippen LogP contribution >= 0.6 is 0 Å². The van der Waals surface area contributed by atoms with Crippen LogP contribution in [-0.4, -0.2) is 19.0 Å². The summed E-state index contributed by atoms with van der Waals surface area (Å²) in [6, 6.07) is 8.39. The van der Waals surface area contributed by atoms with Gasteiger partial charge in [-0.3, -0.25) is 4.79 Å². The normalized spacial score (nSPS) is 24.2. The minimum atomic E-state index is -0.210. The van der Waals surface area contributed by atoms with Crippen molar-refractivity contribution in [1.82, 2.24) is 10.6 Å². The zero-order chi connectivity index (χ0) is 13.9. The Labute approximate surface area is 115 Å². The second kappa shape index (κ2) is 5.74. The second-order valence-electron chi connectivity index (χ2n) is 5.67. The van der Waals surface area contributed by atoms with E-state index in [4.69, 9.17) is 0 Å². The van der Waals surface area contributed by atoms with Gasteiger partial charge in [-0.05, 0) is 38.8 Å². The minimum absolute atomic E-state index is 0.0661. The summed E-state index contributed by atoms with van der Waals surface area (Å²) in [5, 5.41) is 6.48. The Morgan fingerprint density at radius 3 is 2.89 bits per heavy atom. The molecule has 2 N–H and O–H groups in total. The van der Waals surface area contributed by atoms with Gasteiger partial charge in [-0.2, -0.15) is 0 Å². The van der Waals surface area contributed by atoms with Gasteiger partial charge in [0.1, 0.15) is 0 Å². The van der Waals surface area contributed by atoms with E-state index in [9.17, 15) is 4.79 Å². The Kier molecular flexibility index (Phi) is 4.25.